The van der Waals surface area contributed by atoms with Crippen LogP contribution in [0.15, 0.2) is 32.5 Å². The largest absolute Gasteiger partial charge is 0.328 e. The molecule has 0 amide bonds. The minimum Gasteiger partial charge on any atom is -0.328 e. The third-order valence-electron chi connectivity index (χ3n) is 2.45. The molecule has 0 aliphatic carbocycles. The minimum absolute atomic E-state index is 0.154. The lowest BCUT2D eigenvalue weighted by Gasteiger charge is -2.06. The van der Waals surface area contributed by atoms with Gasteiger partial charge in [0.15, 0.2) is 0 Å². The van der Waals surface area contributed by atoms with Gasteiger partial charge in [-0.05, 0) is 37.1 Å². The molecule has 0 bridgehead atoms. The van der Waals surface area contributed by atoms with E-state index >= 15 is 0 Å². The molecule has 1 aliphatic heterocycles. The highest BCUT2D eigenvalue weighted by molar-refractivity contribution is 9.10. The Bertz CT molecular complexity index is 561. The first-order chi connectivity index (χ1) is 7.41. The normalized spacial score (nSPS) is 19.1. The molecule has 1 aromatic carbocycles. The predicted octanol–water partition coefficient (Wildman–Crippen LogP) is 2.31. The standard InChI is InChI=1S/C11H12BrNO2S/c1-7(13)4-10-5-8-2-3-9(12)6-11(8)16(10,14)15/h2-3,5-7H,4,13H2,1H3. The molecule has 0 aromatic heterocycles. The summed E-state index contributed by atoms with van der Waals surface area (Å²) in [5, 5.41) is 0. The highest BCUT2D eigenvalue weighted by Crippen LogP contribution is 2.36. The van der Waals surface area contributed by atoms with Crippen LogP contribution in [-0.4, -0.2) is 14.5 Å². The Morgan fingerprint density at radius 3 is 2.75 bits per heavy atom. The van der Waals surface area contributed by atoms with E-state index in [9.17, 15) is 8.42 Å². The summed E-state index contributed by atoms with van der Waals surface area (Å²) in [4.78, 5) is 0.785. The molecule has 5 heteroatoms. The number of hydrogen-bond acceptors (Lipinski definition) is 3. The Balaban J connectivity index is 2.52. The minimum atomic E-state index is -3.31. The Morgan fingerprint density at radius 1 is 1.44 bits per heavy atom. The van der Waals surface area contributed by atoms with E-state index in [1.807, 2.05) is 6.07 Å². The van der Waals surface area contributed by atoms with E-state index in [-0.39, 0.29) is 6.04 Å². The molecule has 16 heavy (non-hydrogen) atoms. The van der Waals surface area contributed by atoms with Gasteiger partial charge in [-0.15, -0.1) is 0 Å². The van der Waals surface area contributed by atoms with Gasteiger partial charge < -0.3 is 5.73 Å². The van der Waals surface area contributed by atoms with Crippen molar-refractivity contribution in [1.29, 1.82) is 0 Å². The fourth-order valence-electron chi connectivity index (χ4n) is 1.74. The van der Waals surface area contributed by atoms with Crippen molar-refractivity contribution in [2.45, 2.75) is 24.3 Å². The fourth-order valence-corrected chi connectivity index (χ4v) is 4.02. The van der Waals surface area contributed by atoms with Crippen LogP contribution in [0.4, 0.5) is 0 Å². The summed E-state index contributed by atoms with van der Waals surface area (Å²) in [6, 6.07) is 5.11. The molecule has 3 nitrogen and oxygen atoms in total. The van der Waals surface area contributed by atoms with E-state index in [1.165, 1.54) is 0 Å². The molecule has 0 saturated heterocycles. The molecule has 1 heterocycles. The van der Waals surface area contributed by atoms with Gasteiger partial charge in [0.1, 0.15) is 0 Å². The quantitative estimate of drug-likeness (QED) is 0.912. The van der Waals surface area contributed by atoms with E-state index in [0.717, 1.165) is 10.0 Å². The number of fused-ring (bicyclic) bond motifs is 1. The predicted molar refractivity (Wildman–Crippen MR) is 67.6 cm³/mol. The van der Waals surface area contributed by atoms with Gasteiger partial charge in [0.05, 0.1) is 9.80 Å². The van der Waals surface area contributed by atoms with Gasteiger partial charge in [-0.3, -0.25) is 0 Å². The molecule has 2 rings (SSSR count). The third kappa shape index (κ3) is 1.95. The molecule has 1 aromatic rings. The second kappa shape index (κ2) is 3.98. The first kappa shape index (κ1) is 11.8. The topological polar surface area (TPSA) is 60.2 Å². The van der Waals surface area contributed by atoms with Gasteiger partial charge in [-0.1, -0.05) is 22.0 Å². The van der Waals surface area contributed by atoms with Gasteiger partial charge in [-0.25, -0.2) is 8.42 Å². The molecule has 0 saturated carbocycles. The van der Waals surface area contributed by atoms with Crippen molar-refractivity contribution in [1.82, 2.24) is 0 Å². The zero-order valence-corrected chi connectivity index (χ0v) is 11.2. The van der Waals surface area contributed by atoms with Crippen LogP contribution in [0.2, 0.25) is 0 Å². The van der Waals surface area contributed by atoms with Gasteiger partial charge in [0.2, 0.25) is 9.84 Å². The highest BCUT2D eigenvalue weighted by atomic mass is 79.9. The van der Waals surface area contributed by atoms with Crippen LogP contribution in [0.5, 0.6) is 0 Å². The van der Waals surface area contributed by atoms with E-state index in [0.29, 0.717) is 16.2 Å². The van der Waals surface area contributed by atoms with Crippen LogP contribution < -0.4 is 5.73 Å². The lowest BCUT2D eigenvalue weighted by atomic mass is 10.1. The fraction of sp³-hybridized carbons (Fsp3) is 0.273. The monoisotopic (exact) mass is 301 g/mol. The third-order valence-corrected chi connectivity index (χ3v) is 4.85. The van der Waals surface area contributed by atoms with Crippen LogP contribution in [0.25, 0.3) is 6.08 Å². The molecule has 0 radical (unpaired) electrons. The number of rotatable bonds is 2. The summed E-state index contributed by atoms with van der Waals surface area (Å²) >= 11 is 3.28. The average molecular weight is 302 g/mol. The molecular weight excluding hydrogens is 290 g/mol. The molecular formula is C11H12BrNO2S. The number of halogens is 1. The Morgan fingerprint density at radius 2 is 2.12 bits per heavy atom. The van der Waals surface area contributed by atoms with Crippen molar-refractivity contribution in [3.8, 4) is 0 Å². The lowest BCUT2D eigenvalue weighted by molar-refractivity contribution is 0.599. The van der Waals surface area contributed by atoms with Gasteiger partial charge >= 0.3 is 0 Å². The van der Waals surface area contributed by atoms with Gasteiger partial charge in [0, 0.05) is 10.5 Å². The summed E-state index contributed by atoms with van der Waals surface area (Å²) in [6.45, 7) is 1.80. The second-order valence-electron chi connectivity index (χ2n) is 3.98. The SMILES string of the molecule is CC(N)CC1=Cc2ccc(Br)cc2S1(=O)=O. The van der Waals surface area contributed by atoms with Crippen LogP contribution in [0.1, 0.15) is 18.9 Å². The van der Waals surface area contributed by atoms with Crippen molar-refractivity contribution in [3.05, 3.63) is 33.1 Å². The molecule has 1 unspecified atom stereocenters. The van der Waals surface area contributed by atoms with Crippen molar-refractivity contribution in [2.75, 3.05) is 0 Å². The highest BCUT2D eigenvalue weighted by Gasteiger charge is 2.29. The Hall–Kier alpha value is -0.650. The maximum absolute atomic E-state index is 12.1. The average Bonchev–Trinajstić information content (AvgIpc) is 2.40. The van der Waals surface area contributed by atoms with Crippen LogP contribution >= 0.6 is 15.9 Å². The van der Waals surface area contributed by atoms with Crippen LogP contribution in [0, 0.1) is 0 Å². The molecule has 1 atom stereocenters. The number of hydrogen-bond donors (Lipinski definition) is 1. The molecule has 0 spiro atoms. The Kier molecular flexibility index (Phi) is 2.94. The maximum Gasteiger partial charge on any atom is 0.203 e. The summed E-state index contributed by atoms with van der Waals surface area (Å²) < 4.78 is 25.0. The zero-order chi connectivity index (χ0) is 11.9. The van der Waals surface area contributed by atoms with E-state index in [1.54, 1.807) is 25.1 Å². The summed E-state index contributed by atoms with van der Waals surface area (Å²) in [7, 11) is -3.31. The van der Waals surface area contributed by atoms with Crippen molar-refractivity contribution in [3.63, 3.8) is 0 Å². The Labute approximate surface area is 103 Å². The van der Waals surface area contributed by atoms with E-state index < -0.39 is 9.84 Å². The number of sulfone groups is 1. The first-order valence-corrected chi connectivity index (χ1v) is 7.19. The van der Waals surface area contributed by atoms with E-state index in [2.05, 4.69) is 15.9 Å². The smallest absolute Gasteiger partial charge is 0.203 e. The van der Waals surface area contributed by atoms with E-state index in [4.69, 9.17) is 5.73 Å². The summed E-state index contributed by atoms with van der Waals surface area (Å²) in [5.41, 5.74) is 6.39. The molecule has 86 valence electrons. The zero-order valence-electron chi connectivity index (χ0n) is 8.77. The second-order valence-corrected chi connectivity index (χ2v) is 6.86. The maximum atomic E-state index is 12.1. The van der Waals surface area contributed by atoms with Crippen molar-refractivity contribution >= 4 is 31.8 Å². The van der Waals surface area contributed by atoms with Gasteiger partial charge in [0.25, 0.3) is 0 Å². The van der Waals surface area contributed by atoms with Crippen molar-refractivity contribution in [2.24, 2.45) is 5.73 Å². The first-order valence-electron chi connectivity index (χ1n) is 4.92. The van der Waals surface area contributed by atoms with Crippen molar-refractivity contribution < 1.29 is 8.42 Å². The van der Waals surface area contributed by atoms with Crippen LogP contribution in [-0.2, 0) is 9.84 Å². The molecule has 0 fully saturated rings. The lowest BCUT2D eigenvalue weighted by Crippen LogP contribution is -2.17. The summed E-state index contributed by atoms with van der Waals surface area (Å²) in [5.74, 6) is 0. The molecule has 2 N–H and O–H groups in total. The molecule has 1 aliphatic rings. The van der Waals surface area contributed by atoms with Crippen LogP contribution in [0.3, 0.4) is 0 Å². The number of benzene rings is 1. The van der Waals surface area contributed by atoms with Gasteiger partial charge in [-0.2, -0.15) is 0 Å². The summed E-state index contributed by atoms with van der Waals surface area (Å²) in [6.07, 6.45) is 2.09. The number of nitrogens with two attached hydrogens (primary N) is 1.